The van der Waals surface area contributed by atoms with Crippen molar-refractivity contribution in [2.75, 3.05) is 5.32 Å². The molecule has 0 saturated heterocycles. The van der Waals surface area contributed by atoms with Crippen LogP contribution in [0, 0.1) is 0 Å². The van der Waals surface area contributed by atoms with Crippen molar-refractivity contribution in [3.8, 4) is 0 Å². The minimum absolute atomic E-state index is 0.154. The molecule has 0 unspecified atom stereocenters. The van der Waals surface area contributed by atoms with E-state index in [0.29, 0.717) is 5.56 Å². The molecule has 0 heterocycles. The molecule has 2 aromatic carbocycles. The van der Waals surface area contributed by atoms with Gasteiger partial charge < -0.3 is 5.32 Å². The lowest BCUT2D eigenvalue weighted by atomic mass is 10.2. The molecule has 2 aromatic rings. The standard InChI is InChI=1S/C13H10BrNOS/c14-12-7-6-10(17)8-11(12)13(16)15-9-4-2-1-3-5-9/h1-8,17H,(H,15,16). The Morgan fingerprint density at radius 3 is 2.53 bits per heavy atom. The Bertz CT molecular complexity index is 542. The van der Waals surface area contributed by atoms with Crippen LogP contribution in [0.2, 0.25) is 0 Å². The van der Waals surface area contributed by atoms with Crippen LogP contribution >= 0.6 is 28.6 Å². The summed E-state index contributed by atoms with van der Waals surface area (Å²) in [7, 11) is 0. The molecule has 0 fully saturated rings. The van der Waals surface area contributed by atoms with Crippen LogP contribution in [-0.4, -0.2) is 5.91 Å². The molecule has 0 aromatic heterocycles. The van der Waals surface area contributed by atoms with E-state index in [4.69, 9.17) is 0 Å². The summed E-state index contributed by atoms with van der Waals surface area (Å²) in [6.45, 7) is 0. The number of halogens is 1. The molecule has 1 N–H and O–H groups in total. The molecule has 0 atom stereocenters. The Balaban J connectivity index is 2.23. The molecule has 2 nitrogen and oxygen atoms in total. The van der Waals surface area contributed by atoms with E-state index in [-0.39, 0.29) is 5.91 Å². The van der Waals surface area contributed by atoms with Gasteiger partial charge in [-0.15, -0.1) is 12.6 Å². The second-order valence-electron chi connectivity index (χ2n) is 3.48. The third kappa shape index (κ3) is 3.11. The highest BCUT2D eigenvalue weighted by atomic mass is 79.9. The van der Waals surface area contributed by atoms with Crippen molar-refractivity contribution >= 4 is 40.2 Å². The molecular weight excluding hydrogens is 298 g/mol. The molecule has 1 amide bonds. The van der Waals surface area contributed by atoms with Crippen molar-refractivity contribution < 1.29 is 4.79 Å². The Morgan fingerprint density at radius 1 is 1.12 bits per heavy atom. The second kappa shape index (κ2) is 5.38. The number of thiol groups is 1. The molecule has 0 bridgehead atoms. The van der Waals surface area contributed by atoms with E-state index in [1.807, 2.05) is 42.5 Å². The van der Waals surface area contributed by atoms with Crippen LogP contribution in [0.4, 0.5) is 5.69 Å². The number of carbonyl (C=O) groups excluding carboxylic acids is 1. The Kier molecular flexibility index (Phi) is 3.86. The molecule has 0 spiro atoms. The first-order valence-electron chi connectivity index (χ1n) is 5.02. The lowest BCUT2D eigenvalue weighted by Gasteiger charge is -2.07. The van der Waals surface area contributed by atoms with Crippen molar-refractivity contribution in [2.45, 2.75) is 4.90 Å². The van der Waals surface area contributed by atoms with Crippen LogP contribution < -0.4 is 5.32 Å². The molecule has 0 radical (unpaired) electrons. The van der Waals surface area contributed by atoms with Crippen LogP contribution in [0.3, 0.4) is 0 Å². The summed E-state index contributed by atoms with van der Waals surface area (Å²) < 4.78 is 0.753. The smallest absolute Gasteiger partial charge is 0.256 e. The van der Waals surface area contributed by atoms with E-state index in [1.54, 1.807) is 6.07 Å². The van der Waals surface area contributed by atoms with Gasteiger partial charge in [0.15, 0.2) is 0 Å². The van der Waals surface area contributed by atoms with Gasteiger partial charge in [-0.2, -0.15) is 0 Å². The Morgan fingerprint density at radius 2 is 1.82 bits per heavy atom. The molecule has 0 aliphatic rings. The van der Waals surface area contributed by atoms with E-state index in [9.17, 15) is 4.79 Å². The zero-order valence-corrected chi connectivity index (χ0v) is 11.3. The number of carbonyl (C=O) groups is 1. The number of nitrogens with one attached hydrogen (secondary N) is 1. The van der Waals surface area contributed by atoms with Crippen LogP contribution in [0.25, 0.3) is 0 Å². The van der Waals surface area contributed by atoms with E-state index in [1.165, 1.54) is 0 Å². The molecule has 0 saturated carbocycles. The fraction of sp³-hybridized carbons (Fsp3) is 0. The first-order valence-corrected chi connectivity index (χ1v) is 6.26. The highest BCUT2D eigenvalue weighted by Gasteiger charge is 2.10. The highest BCUT2D eigenvalue weighted by molar-refractivity contribution is 9.10. The Hall–Kier alpha value is -1.26. The molecular formula is C13H10BrNOS. The number of anilines is 1. The van der Waals surface area contributed by atoms with Crippen LogP contribution in [-0.2, 0) is 0 Å². The third-order valence-corrected chi connectivity index (χ3v) is 3.20. The predicted octanol–water partition coefficient (Wildman–Crippen LogP) is 3.99. The Labute approximate surface area is 114 Å². The average Bonchev–Trinajstić information content (AvgIpc) is 2.33. The van der Waals surface area contributed by atoms with Crippen molar-refractivity contribution in [2.24, 2.45) is 0 Å². The largest absolute Gasteiger partial charge is 0.322 e. The molecule has 4 heteroatoms. The summed E-state index contributed by atoms with van der Waals surface area (Å²) in [6, 6.07) is 14.7. The van der Waals surface area contributed by atoms with Gasteiger partial charge >= 0.3 is 0 Å². The maximum absolute atomic E-state index is 12.0. The summed E-state index contributed by atoms with van der Waals surface area (Å²) >= 11 is 7.57. The number of benzene rings is 2. The van der Waals surface area contributed by atoms with Crippen molar-refractivity contribution in [1.82, 2.24) is 0 Å². The minimum Gasteiger partial charge on any atom is -0.322 e. The summed E-state index contributed by atoms with van der Waals surface area (Å²) in [5.41, 5.74) is 1.34. The zero-order chi connectivity index (χ0) is 12.3. The zero-order valence-electron chi connectivity index (χ0n) is 8.85. The maximum atomic E-state index is 12.0. The highest BCUT2D eigenvalue weighted by Crippen LogP contribution is 2.21. The van der Waals surface area contributed by atoms with Gasteiger partial charge in [0.2, 0.25) is 0 Å². The first kappa shape index (κ1) is 12.2. The quantitative estimate of drug-likeness (QED) is 0.807. The fourth-order valence-corrected chi connectivity index (χ4v) is 2.04. The van der Waals surface area contributed by atoms with E-state index >= 15 is 0 Å². The second-order valence-corrected chi connectivity index (χ2v) is 4.86. The first-order chi connectivity index (χ1) is 8.16. The maximum Gasteiger partial charge on any atom is 0.256 e. The molecule has 86 valence electrons. The number of hydrogen-bond donors (Lipinski definition) is 2. The molecule has 2 rings (SSSR count). The van der Waals surface area contributed by atoms with Gasteiger partial charge in [0.1, 0.15) is 0 Å². The summed E-state index contributed by atoms with van der Waals surface area (Å²) in [5.74, 6) is -0.154. The number of amides is 1. The molecule has 17 heavy (non-hydrogen) atoms. The summed E-state index contributed by atoms with van der Waals surface area (Å²) in [5, 5.41) is 2.82. The van der Waals surface area contributed by atoms with E-state index in [2.05, 4.69) is 33.9 Å². The third-order valence-electron chi connectivity index (χ3n) is 2.23. The number of hydrogen-bond acceptors (Lipinski definition) is 2. The van der Waals surface area contributed by atoms with Gasteiger partial charge in [-0.3, -0.25) is 4.79 Å². The number of rotatable bonds is 2. The van der Waals surface area contributed by atoms with Crippen LogP contribution in [0.1, 0.15) is 10.4 Å². The molecule has 0 aliphatic carbocycles. The summed E-state index contributed by atoms with van der Waals surface area (Å²) in [4.78, 5) is 12.8. The van der Waals surface area contributed by atoms with Gasteiger partial charge in [-0.25, -0.2) is 0 Å². The summed E-state index contributed by atoms with van der Waals surface area (Å²) in [6.07, 6.45) is 0. The fourth-order valence-electron chi connectivity index (χ4n) is 1.41. The predicted molar refractivity (Wildman–Crippen MR) is 75.8 cm³/mol. The average molecular weight is 308 g/mol. The SMILES string of the molecule is O=C(Nc1ccccc1)c1cc(S)ccc1Br. The van der Waals surface area contributed by atoms with Crippen molar-refractivity contribution in [3.05, 3.63) is 58.6 Å². The molecule has 0 aliphatic heterocycles. The van der Waals surface area contributed by atoms with Gasteiger partial charge in [0, 0.05) is 15.1 Å². The van der Waals surface area contributed by atoms with Gasteiger partial charge in [0.25, 0.3) is 5.91 Å². The van der Waals surface area contributed by atoms with Gasteiger partial charge in [0.05, 0.1) is 5.56 Å². The van der Waals surface area contributed by atoms with E-state index in [0.717, 1.165) is 15.1 Å². The number of para-hydroxylation sites is 1. The van der Waals surface area contributed by atoms with Crippen molar-refractivity contribution in [3.63, 3.8) is 0 Å². The lowest BCUT2D eigenvalue weighted by molar-refractivity contribution is 0.102. The minimum atomic E-state index is -0.154. The van der Waals surface area contributed by atoms with Crippen molar-refractivity contribution in [1.29, 1.82) is 0 Å². The normalized spacial score (nSPS) is 10.0. The van der Waals surface area contributed by atoms with Crippen LogP contribution in [0.5, 0.6) is 0 Å². The monoisotopic (exact) mass is 307 g/mol. The lowest BCUT2D eigenvalue weighted by Crippen LogP contribution is -2.12. The topological polar surface area (TPSA) is 29.1 Å². The van der Waals surface area contributed by atoms with Gasteiger partial charge in [-0.05, 0) is 46.3 Å². The van der Waals surface area contributed by atoms with Gasteiger partial charge in [-0.1, -0.05) is 18.2 Å². The van der Waals surface area contributed by atoms with Crippen LogP contribution in [0.15, 0.2) is 57.9 Å². The van der Waals surface area contributed by atoms with E-state index < -0.39 is 0 Å².